The Labute approximate surface area is 180 Å². The number of rotatable bonds is 6. The molecule has 1 aliphatic rings. The Kier molecular flexibility index (Phi) is 5.99. The third kappa shape index (κ3) is 4.03. The second-order valence-electron chi connectivity index (χ2n) is 7.18. The normalized spacial score (nSPS) is 13.1. The largest absolute Gasteiger partial charge is 0.493 e. The van der Waals surface area contributed by atoms with Crippen LogP contribution in [0.15, 0.2) is 53.8 Å². The van der Waals surface area contributed by atoms with Crippen molar-refractivity contribution in [2.45, 2.75) is 18.1 Å². The SMILES string of the molecule is COc1cc2c(cc1OC)CN(C(=O)CSc1ncc(-c3ccccc3)n1C)CC2. The highest BCUT2D eigenvalue weighted by atomic mass is 32.2. The van der Waals surface area contributed by atoms with Gasteiger partial charge in [0.1, 0.15) is 0 Å². The van der Waals surface area contributed by atoms with Crippen LogP contribution >= 0.6 is 11.8 Å². The minimum absolute atomic E-state index is 0.115. The van der Waals surface area contributed by atoms with Crippen LogP contribution in [0.5, 0.6) is 11.5 Å². The summed E-state index contributed by atoms with van der Waals surface area (Å²) < 4.78 is 12.8. The Morgan fingerprint density at radius 1 is 1.10 bits per heavy atom. The van der Waals surface area contributed by atoms with Gasteiger partial charge in [-0.25, -0.2) is 4.98 Å². The fraction of sp³-hybridized carbons (Fsp3) is 0.304. The average Bonchev–Trinajstić information content (AvgIpc) is 3.16. The summed E-state index contributed by atoms with van der Waals surface area (Å²) in [5, 5.41) is 0.839. The van der Waals surface area contributed by atoms with Crippen LogP contribution in [0.25, 0.3) is 11.3 Å². The predicted octanol–water partition coefficient (Wildman–Crippen LogP) is 3.78. The van der Waals surface area contributed by atoms with E-state index in [2.05, 4.69) is 17.1 Å². The number of ether oxygens (including phenoxy) is 2. The third-order valence-corrected chi connectivity index (χ3v) is 6.44. The first-order chi connectivity index (χ1) is 14.6. The van der Waals surface area contributed by atoms with E-state index in [4.69, 9.17) is 9.47 Å². The van der Waals surface area contributed by atoms with Crippen molar-refractivity contribution in [1.82, 2.24) is 14.5 Å². The van der Waals surface area contributed by atoms with Crippen molar-refractivity contribution >= 4 is 17.7 Å². The molecular weight excluding hydrogens is 398 g/mol. The van der Waals surface area contributed by atoms with E-state index in [0.717, 1.165) is 34.1 Å². The first-order valence-corrected chi connectivity index (χ1v) is 10.8. The smallest absolute Gasteiger partial charge is 0.233 e. The average molecular weight is 424 g/mol. The van der Waals surface area contributed by atoms with Gasteiger partial charge in [0.2, 0.25) is 5.91 Å². The molecule has 156 valence electrons. The van der Waals surface area contributed by atoms with Crippen molar-refractivity contribution in [3.8, 4) is 22.8 Å². The van der Waals surface area contributed by atoms with E-state index >= 15 is 0 Å². The van der Waals surface area contributed by atoms with Gasteiger partial charge in [-0.2, -0.15) is 0 Å². The van der Waals surface area contributed by atoms with Crippen LogP contribution < -0.4 is 9.47 Å². The summed E-state index contributed by atoms with van der Waals surface area (Å²) in [7, 11) is 5.25. The van der Waals surface area contributed by atoms with Gasteiger partial charge in [-0.1, -0.05) is 42.1 Å². The van der Waals surface area contributed by atoms with Crippen molar-refractivity contribution in [3.05, 3.63) is 59.8 Å². The second-order valence-corrected chi connectivity index (χ2v) is 8.12. The molecule has 0 saturated heterocycles. The highest BCUT2D eigenvalue weighted by molar-refractivity contribution is 7.99. The number of carbonyl (C=O) groups is 1. The fourth-order valence-corrected chi connectivity index (χ4v) is 4.57. The van der Waals surface area contributed by atoms with Gasteiger partial charge < -0.3 is 18.9 Å². The maximum atomic E-state index is 12.9. The monoisotopic (exact) mass is 423 g/mol. The lowest BCUT2D eigenvalue weighted by atomic mass is 9.99. The molecular formula is C23H25N3O3S. The van der Waals surface area contributed by atoms with Crippen LogP contribution in [0.3, 0.4) is 0 Å². The summed E-state index contributed by atoms with van der Waals surface area (Å²) in [6, 6.07) is 14.1. The topological polar surface area (TPSA) is 56.6 Å². The van der Waals surface area contributed by atoms with Crippen LogP contribution in [0, 0.1) is 0 Å². The molecule has 0 radical (unpaired) electrons. The summed E-state index contributed by atoms with van der Waals surface area (Å²) in [6.45, 7) is 1.29. The van der Waals surface area contributed by atoms with E-state index in [0.29, 0.717) is 24.6 Å². The highest BCUT2D eigenvalue weighted by Crippen LogP contribution is 2.33. The predicted molar refractivity (Wildman–Crippen MR) is 118 cm³/mol. The van der Waals surface area contributed by atoms with E-state index in [-0.39, 0.29) is 5.91 Å². The molecule has 4 rings (SSSR count). The number of imidazole rings is 1. The number of nitrogens with zero attached hydrogens (tertiary/aromatic N) is 3. The van der Waals surface area contributed by atoms with Crippen LogP contribution in [0.4, 0.5) is 0 Å². The molecule has 0 aliphatic carbocycles. The van der Waals surface area contributed by atoms with E-state index in [1.54, 1.807) is 14.2 Å². The van der Waals surface area contributed by atoms with Gasteiger partial charge in [0.15, 0.2) is 16.7 Å². The van der Waals surface area contributed by atoms with Gasteiger partial charge in [-0.05, 0) is 35.2 Å². The quantitative estimate of drug-likeness (QED) is 0.565. The minimum atomic E-state index is 0.115. The van der Waals surface area contributed by atoms with Crippen molar-refractivity contribution in [1.29, 1.82) is 0 Å². The lowest BCUT2D eigenvalue weighted by Gasteiger charge is -2.29. The minimum Gasteiger partial charge on any atom is -0.493 e. The maximum absolute atomic E-state index is 12.9. The molecule has 0 unspecified atom stereocenters. The molecule has 6 nitrogen and oxygen atoms in total. The number of fused-ring (bicyclic) bond motifs is 1. The second kappa shape index (κ2) is 8.83. The van der Waals surface area contributed by atoms with Gasteiger partial charge in [0.05, 0.1) is 31.9 Å². The Bertz CT molecular complexity index is 1050. The van der Waals surface area contributed by atoms with Gasteiger partial charge in [-0.3, -0.25) is 4.79 Å². The summed E-state index contributed by atoms with van der Waals surface area (Å²) >= 11 is 1.48. The number of aromatic nitrogens is 2. The first-order valence-electron chi connectivity index (χ1n) is 9.82. The van der Waals surface area contributed by atoms with Gasteiger partial charge in [-0.15, -0.1) is 0 Å². The van der Waals surface area contributed by atoms with E-state index in [1.807, 2.05) is 53.0 Å². The lowest BCUT2D eigenvalue weighted by molar-refractivity contribution is -0.129. The summed E-state index contributed by atoms with van der Waals surface area (Å²) in [5.41, 5.74) is 4.47. The number of hydrogen-bond acceptors (Lipinski definition) is 5. The molecule has 1 aromatic heterocycles. The molecule has 2 aromatic carbocycles. The first kappa shape index (κ1) is 20.3. The molecule has 0 saturated carbocycles. The van der Waals surface area contributed by atoms with Crippen molar-refractivity contribution < 1.29 is 14.3 Å². The molecule has 0 bridgehead atoms. The van der Waals surface area contributed by atoms with Crippen LogP contribution in [0.1, 0.15) is 11.1 Å². The zero-order valence-corrected chi connectivity index (χ0v) is 18.2. The zero-order chi connectivity index (χ0) is 21.1. The third-order valence-electron chi connectivity index (χ3n) is 5.41. The molecule has 3 aromatic rings. The van der Waals surface area contributed by atoms with Crippen molar-refractivity contribution in [2.75, 3.05) is 26.5 Å². The van der Waals surface area contributed by atoms with E-state index in [1.165, 1.54) is 17.3 Å². The van der Waals surface area contributed by atoms with Crippen LogP contribution in [0.2, 0.25) is 0 Å². The molecule has 7 heteroatoms. The Balaban J connectivity index is 1.42. The number of methoxy groups -OCH3 is 2. The fourth-order valence-electron chi connectivity index (χ4n) is 3.72. The van der Waals surface area contributed by atoms with Gasteiger partial charge in [0.25, 0.3) is 0 Å². The maximum Gasteiger partial charge on any atom is 0.233 e. The number of thioether (sulfide) groups is 1. The van der Waals surface area contributed by atoms with Crippen molar-refractivity contribution in [2.24, 2.45) is 7.05 Å². The number of amides is 1. The molecule has 0 N–H and O–H groups in total. The zero-order valence-electron chi connectivity index (χ0n) is 17.4. The molecule has 1 aliphatic heterocycles. The van der Waals surface area contributed by atoms with E-state index < -0.39 is 0 Å². The number of benzene rings is 2. The summed E-state index contributed by atoms with van der Waals surface area (Å²) in [6.07, 6.45) is 2.67. The Hall–Kier alpha value is -2.93. The highest BCUT2D eigenvalue weighted by Gasteiger charge is 2.23. The number of hydrogen-bond donors (Lipinski definition) is 0. The van der Waals surface area contributed by atoms with Gasteiger partial charge >= 0.3 is 0 Å². The summed E-state index contributed by atoms with van der Waals surface area (Å²) in [5.74, 6) is 1.91. The molecule has 0 spiro atoms. The molecule has 0 fully saturated rings. The molecule has 2 heterocycles. The van der Waals surface area contributed by atoms with Crippen molar-refractivity contribution in [3.63, 3.8) is 0 Å². The Morgan fingerprint density at radius 2 is 1.80 bits per heavy atom. The summed E-state index contributed by atoms with van der Waals surface area (Å²) in [4.78, 5) is 19.3. The number of carbonyl (C=O) groups excluding carboxylic acids is 1. The molecule has 30 heavy (non-hydrogen) atoms. The van der Waals surface area contributed by atoms with E-state index in [9.17, 15) is 4.79 Å². The lowest BCUT2D eigenvalue weighted by Crippen LogP contribution is -2.37. The Morgan fingerprint density at radius 3 is 2.50 bits per heavy atom. The van der Waals surface area contributed by atoms with Crippen LogP contribution in [-0.2, 0) is 24.8 Å². The van der Waals surface area contributed by atoms with Gasteiger partial charge in [0, 0.05) is 20.1 Å². The molecule has 1 amide bonds. The molecule has 0 atom stereocenters. The van der Waals surface area contributed by atoms with Crippen LogP contribution in [-0.4, -0.2) is 46.9 Å². The standard InChI is InChI=1S/C23H25N3O3S/c1-25-19(16-7-5-4-6-8-16)13-24-23(25)30-15-22(27)26-10-9-17-11-20(28-2)21(29-3)12-18(17)14-26/h4-8,11-13H,9-10,14-15H2,1-3H3.